The average Bonchev–Trinajstić information content (AvgIpc) is 3.78. The summed E-state index contributed by atoms with van der Waals surface area (Å²) in [7, 11) is 0. The van der Waals surface area contributed by atoms with Crippen molar-refractivity contribution in [1.82, 2.24) is 0 Å². The Bertz CT molecular complexity index is 2850. The molecule has 0 radical (unpaired) electrons. The van der Waals surface area contributed by atoms with E-state index in [2.05, 4.69) is 187 Å². The number of benzene rings is 8. The minimum Gasteiger partial charge on any atom is -0.455 e. The van der Waals surface area contributed by atoms with Gasteiger partial charge in [-0.1, -0.05) is 140 Å². The number of anilines is 3. The lowest BCUT2D eigenvalue weighted by atomic mass is 9.96. The van der Waals surface area contributed by atoms with Gasteiger partial charge in [-0.25, -0.2) is 0 Å². The van der Waals surface area contributed by atoms with E-state index in [4.69, 9.17) is 4.42 Å². The van der Waals surface area contributed by atoms with Gasteiger partial charge in [0, 0.05) is 43.2 Å². The molecule has 3 heteroatoms. The zero-order valence-electron chi connectivity index (χ0n) is 27.7. The van der Waals surface area contributed by atoms with Gasteiger partial charge in [0.1, 0.15) is 11.2 Å². The highest BCUT2D eigenvalue weighted by molar-refractivity contribution is 7.26. The molecule has 2 aromatic heterocycles. The molecule has 0 N–H and O–H groups in total. The number of thiophene rings is 1. The van der Waals surface area contributed by atoms with Crippen LogP contribution in [0, 0.1) is 0 Å². The maximum absolute atomic E-state index is 6.59. The highest BCUT2D eigenvalue weighted by atomic mass is 32.1. The van der Waals surface area contributed by atoms with Crippen LogP contribution in [0.2, 0.25) is 0 Å². The van der Waals surface area contributed by atoms with Crippen LogP contribution in [0.3, 0.4) is 0 Å². The molecule has 0 aliphatic rings. The van der Waals surface area contributed by atoms with Gasteiger partial charge >= 0.3 is 0 Å². The van der Waals surface area contributed by atoms with E-state index >= 15 is 0 Å². The number of hydrogen-bond donors (Lipinski definition) is 0. The van der Waals surface area contributed by atoms with E-state index in [1.807, 2.05) is 17.4 Å². The lowest BCUT2D eigenvalue weighted by molar-refractivity contribution is 0.670. The SMILES string of the molecule is c1ccc(-c2ccc(N(c3cc(-c4ccccc4)cc(-c4cccc5c4oc4ccccc45)c3)c3cccc4c3sc3ccccc34)cc2)cc1. The molecule has 0 saturated carbocycles. The van der Waals surface area contributed by atoms with Crippen molar-refractivity contribution in [1.29, 1.82) is 0 Å². The van der Waals surface area contributed by atoms with Crippen molar-refractivity contribution in [3.05, 3.63) is 188 Å². The van der Waals surface area contributed by atoms with Crippen molar-refractivity contribution in [3.8, 4) is 33.4 Å². The number of fused-ring (bicyclic) bond motifs is 6. The Hall–Kier alpha value is -6.42. The number of hydrogen-bond acceptors (Lipinski definition) is 3. The molecule has 0 saturated heterocycles. The monoisotopic (exact) mass is 669 g/mol. The Morgan fingerprint density at radius 2 is 1.00 bits per heavy atom. The molecule has 0 spiro atoms. The zero-order chi connectivity index (χ0) is 33.7. The number of furan rings is 1. The quantitative estimate of drug-likeness (QED) is 0.175. The topological polar surface area (TPSA) is 16.4 Å². The van der Waals surface area contributed by atoms with Crippen LogP contribution >= 0.6 is 11.3 Å². The molecule has 10 aromatic rings. The van der Waals surface area contributed by atoms with Crippen molar-refractivity contribution in [2.45, 2.75) is 0 Å². The van der Waals surface area contributed by atoms with Gasteiger partial charge < -0.3 is 9.32 Å². The molecule has 0 aliphatic carbocycles. The second-order valence-corrected chi connectivity index (χ2v) is 14.0. The van der Waals surface area contributed by atoms with E-state index in [0.29, 0.717) is 0 Å². The van der Waals surface area contributed by atoms with Crippen LogP contribution in [0.1, 0.15) is 0 Å². The number of nitrogens with zero attached hydrogens (tertiary/aromatic N) is 1. The van der Waals surface area contributed by atoms with Crippen LogP contribution in [0.4, 0.5) is 17.1 Å². The maximum Gasteiger partial charge on any atom is 0.143 e. The summed E-state index contributed by atoms with van der Waals surface area (Å²) in [5.41, 5.74) is 12.0. The van der Waals surface area contributed by atoms with E-state index in [-0.39, 0.29) is 0 Å². The third kappa shape index (κ3) is 5.10. The fourth-order valence-corrected chi connectivity index (χ4v) is 8.64. The van der Waals surface area contributed by atoms with Crippen molar-refractivity contribution in [3.63, 3.8) is 0 Å². The lowest BCUT2D eigenvalue weighted by Crippen LogP contribution is -2.10. The van der Waals surface area contributed by atoms with Gasteiger partial charge in [-0.05, 0) is 76.3 Å². The smallest absolute Gasteiger partial charge is 0.143 e. The summed E-state index contributed by atoms with van der Waals surface area (Å²) in [4.78, 5) is 2.43. The van der Waals surface area contributed by atoms with Gasteiger partial charge in [-0.2, -0.15) is 0 Å². The highest BCUT2D eigenvalue weighted by Gasteiger charge is 2.21. The van der Waals surface area contributed by atoms with Crippen LogP contribution in [-0.4, -0.2) is 0 Å². The first-order chi connectivity index (χ1) is 25.3. The fourth-order valence-electron chi connectivity index (χ4n) is 7.44. The molecule has 2 nitrogen and oxygen atoms in total. The summed E-state index contributed by atoms with van der Waals surface area (Å²) in [6, 6.07) is 67.4. The van der Waals surface area contributed by atoms with Crippen molar-refractivity contribution >= 4 is 70.5 Å². The zero-order valence-corrected chi connectivity index (χ0v) is 28.5. The standard InChI is InChI=1S/C48H31NOS/c1-3-13-32(14-4-1)34-25-27-37(28-26-34)49(44-22-12-21-43-41-18-8-10-24-46(41)51-48(43)44)38-30-35(33-15-5-2-6-16-33)29-36(31-38)39-19-11-20-42-40-17-7-9-23-45(40)50-47(39)42/h1-31H. The molecule has 10 rings (SSSR count). The summed E-state index contributed by atoms with van der Waals surface area (Å²) in [6.45, 7) is 0. The Balaban J connectivity index is 1.24. The second kappa shape index (κ2) is 12.2. The predicted octanol–water partition coefficient (Wildman–Crippen LogP) is 14.4. The number of para-hydroxylation sites is 2. The first-order valence-corrected chi connectivity index (χ1v) is 18.1. The summed E-state index contributed by atoms with van der Waals surface area (Å²) >= 11 is 1.85. The van der Waals surface area contributed by atoms with E-state index in [1.54, 1.807) is 0 Å². The third-order valence-electron chi connectivity index (χ3n) is 9.86. The molecule has 8 aromatic carbocycles. The molecular weight excluding hydrogens is 639 g/mol. The average molecular weight is 670 g/mol. The summed E-state index contributed by atoms with van der Waals surface area (Å²) in [6.07, 6.45) is 0. The van der Waals surface area contributed by atoms with Crippen LogP contribution in [0.5, 0.6) is 0 Å². The lowest BCUT2D eigenvalue weighted by Gasteiger charge is -2.27. The molecule has 0 bridgehead atoms. The Morgan fingerprint density at radius 3 is 1.80 bits per heavy atom. The summed E-state index contributed by atoms with van der Waals surface area (Å²) in [5.74, 6) is 0. The van der Waals surface area contributed by atoms with Crippen LogP contribution < -0.4 is 4.90 Å². The molecule has 2 heterocycles. The van der Waals surface area contributed by atoms with Gasteiger partial charge in [0.05, 0.1) is 10.4 Å². The molecule has 51 heavy (non-hydrogen) atoms. The van der Waals surface area contributed by atoms with Crippen molar-refractivity contribution in [2.75, 3.05) is 4.90 Å². The van der Waals surface area contributed by atoms with E-state index in [9.17, 15) is 0 Å². The normalized spacial score (nSPS) is 11.5. The maximum atomic E-state index is 6.59. The highest BCUT2D eigenvalue weighted by Crippen LogP contribution is 2.47. The van der Waals surface area contributed by atoms with Gasteiger partial charge in [0.25, 0.3) is 0 Å². The predicted molar refractivity (Wildman–Crippen MR) is 218 cm³/mol. The Kier molecular flexibility index (Phi) is 7.04. The van der Waals surface area contributed by atoms with E-state index in [1.165, 1.54) is 31.3 Å². The Morgan fingerprint density at radius 1 is 0.392 bits per heavy atom. The summed E-state index contributed by atoms with van der Waals surface area (Å²) in [5, 5.41) is 4.81. The van der Waals surface area contributed by atoms with Gasteiger partial charge in [0.15, 0.2) is 0 Å². The van der Waals surface area contributed by atoms with Gasteiger partial charge in [-0.3, -0.25) is 0 Å². The molecule has 0 fully saturated rings. The fraction of sp³-hybridized carbons (Fsp3) is 0. The third-order valence-corrected chi connectivity index (χ3v) is 11.1. The summed E-state index contributed by atoms with van der Waals surface area (Å²) < 4.78 is 9.14. The first-order valence-electron chi connectivity index (χ1n) is 17.3. The molecule has 240 valence electrons. The van der Waals surface area contributed by atoms with Crippen molar-refractivity contribution < 1.29 is 4.42 Å². The molecule has 0 aliphatic heterocycles. The minimum absolute atomic E-state index is 0.899. The second-order valence-electron chi connectivity index (χ2n) is 12.9. The molecular formula is C48H31NOS. The molecule has 0 amide bonds. The van der Waals surface area contributed by atoms with Gasteiger partial charge in [0.2, 0.25) is 0 Å². The van der Waals surface area contributed by atoms with E-state index < -0.39 is 0 Å². The number of rotatable bonds is 6. The largest absolute Gasteiger partial charge is 0.455 e. The van der Waals surface area contributed by atoms with Crippen molar-refractivity contribution in [2.24, 2.45) is 0 Å². The molecule has 0 atom stereocenters. The molecule has 0 unspecified atom stereocenters. The Labute approximate surface area is 300 Å². The van der Waals surface area contributed by atoms with E-state index in [0.717, 1.165) is 61.3 Å². The minimum atomic E-state index is 0.899. The van der Waals surface area contributed by atoms with Gasteiger partial charge in [-0.15, -0.1) is 11.3 Å². The van der Waals surface area contributed by atoms with Crippen LogP contribution in [0.15, 0.2) is 192 Å². The van der Waals surface area contributed by atoms with Crippen LogP contribution in [-0.2, 0) is 0 Å². The first kappa shape index (κ1) is 29.5. The van der Waals surface area contributed by atoms with Crippen LogP contribution in [0.25, 0.3) is 75.5 Å².